The SMILES string of the molecule is CC1(C)OB(c2cc(N)cnc2C(F)(F)F)OC1(C)C. The molecule has 1 aliphatic rings. The molecule has 20 heavy (non-hydrogen) atoms. The molecule has 1 aliphatic heterocycles. The fourth-order valence-electron chi connectivity index (χ4n) is 1.89. The van der Waals surface area contributed by atoms with E-state index in [0.717, 1.165) is 6.20 Å². The van der Waals surface area contributed by atoms with Gasteiger partial charge in [0.2, 0.25) is 0 Å². The molecule has 1 aromatic rings. The third-order valence-corrected chi connectivity index (χ3v) is 3.71. The molecule has 1 aromatic heterocycles. The van der Waals surface area contributed by atoms with E-state index < -0.39 is 30.2 Å². The van der Waals surface area contributed by atoms with Gasteiger partial charge in [0.05, 0.1) is 17.4 Å². The number of hydrogen-bond donors (Lipinski definition) is 1. The molecule has 0 atom stereocenters. The van der Waals surface area contributed by atoms with Crippen LogP contribution in [0.3, 0.4) is 0 Å². The Morgan fingerprint density at radius 1 is 1.15 bits per heavy atom. The Morgan fingerprint density at radius 3 is 2.10 bits per heavy atom. The second-order valence-electron chi connectivity index (χ2n) is 5.79. The van der Waals surface area contributed by atoms with Crippen LogP contribution in [0.4, 0.5) is 18.9 Å². The molecule has 2 heterocycles. The number of nitrogens with two attached hydrogens (primary N) is 1. The Hall–Kier alpha value is -1.28. The molecule has 0 unspecified atom stereocenters. The van der Waals surface area contributed by atoms with Crippen LogP contribution in [0, 0.1) is 0 Å². The van der Waals surface area contributed by atoms with E-state index >= 15 is 0 Å². The standard InChI is InChI=1S/C12H16BF3N2O2/c1-10(2)11(3,4)20-13(19-10)8-5-7(17)6-18-9(8)12(14,15)16/h5-6H,17H2,1-4H3. The molecule has 1 fully saturated rings. The van der Waals surface area contributed by atoms with Crippen molar-refractivity contribution in [1.29, 1.82) is 0 Å². The van der Waals surface area contributed by atoms with Gasteiger partial charge in [0, 0.05) is 11.2 Å². The second-order valence-corrected chi connectivity index (χ2v) is 5.79. The molecule has 0 saturated carbocycles. The van der Waals surface area contributed by atoms with Crippen LogP contribution in [-0.4, -0.2) is 23.3 Å². The largest absolute Gasteiger partial charge is 0.497 e. The van der Waals surface area contributed by atoms with E-state index in [0.29, 0.717) is 0 Å². The molecule has 0 amide bonds. The highest BCUT2D eigenvalue weighted by Gasteiger charge is 2.54. The minimum absolute atomic E-state index is 0.128. The predicted octanol–water partition coefficient (Wildman–Crippen LogP) is 1.98. The van der Waals surface area contributed by atoms with Crippen LogP contribution in [0.25, 0.3) is 0 Å². The summed E-state index contributed by atoms with van der Waals surface area (Å²) in [6.45, 7) is 7.06. The summed E-state index contributed by atoms with van der Waals surface area (Å²) < 4.78 is 50.3. The van der Waals surface area contributed by atoms with Crippen LogP contribution >= 0.6 is 0 Å². The van der Waals surface area contributed by atoms with Crippen molar-refractivity contribution in [2.75, 3.05) is 5.73 Å². The summed E-state index contributed by atoms with van der Waals surface area (Å²) in [5, 5.41) is 0. The summed E-state index contributed by atoms with van der Waals surface area (Å²) in [6.07, 6.45) is -3.62. The lowest BCUT2D eigenvalue weighted by atomic mass is 9.77. The first-order chi connectivity index (χ1) is 8.94. The van der Waals surface area contributed by atoms with Crippen molar-refractivity contribution in [2.24, 2.45) is 0 Å². The van der Waals surface area contributed by atoms with Gasteiger partial charge in [-0.3, -0.25) is 0 Å². The molecule has 1 saturated heterocycles. The van der Waals surface area contributed by atoms with E-state index in [4.69, 9.17) is 15.0 Å². The Morgan fingerprint density at radius 2 is 1.65 bits per heavy atom. The smallest absolute Gasteiger partial charge is 0.399 e. The van der Waals surface area contributed by atoms with Crippen molar-refractivity contribution < 1.29 is 22.5 Å². The Labute approximate surface area is 115 Å². The number of alkyl halides is 3. The first-order valence-electron chi connectivity index (χ1n) is 6.12. The Balaban J connectivity index is 2.47. The number of halogens is 3. The molecule has 2 N–H and O–H groups in total. The molecule has 110 valence electrons. The summed E-state index contributed by atoms with van der Waals surface area (Å²) in [6, 6.07) is 1.19. The van der Waals surface area contributed by atoms with Crippen LogP contribution in [0.15, 0.2) is 12.3 Å². The highest BCUT2D eigenvalue weighted by Crippen LogP contribution is 2.37. The minimum atomic E-state index is -4.59. The summed E-state index contributed by atoms with van der Waals surface area (Å²) >= 11 is 0. The lowest BCUT2D eigenvalue weighted by Gasteiger charge is -2.32. The topological polar surface area (TPSA) is 57.4 Å². The Bertz CT molecular complexity index is 516. The van der Waals surface area contributed by atoms with E-state index in [2.05, 4.69) is 4.98 Å². The fraction of sp³-hybridized carbons (Fsp3) is 0.583. The quantitative estimate of drug-likeness (QED) is 0.803. The van der Waals surface area contributed by atoms with Crippen LogP contribution in [0.2, 0.25) is 0 Å². The number of anilines is 1. The maximum atomic E-state index is 13.0. The maximum absolute atomic E-state index is 13.0. The van der Waals surface area contributed by atoms with Gasteiger partial charge in [-0.1, -0.05) is 0 Å². The van der Waals surface area contributed by atoms with Crippen LogP contribution in [0.1, 0.15) is 33.4 Å². The van der Waals surface area contributed by atoms with Gasteiger partial charge in [-0.15, -0.1) is 0 Å². The van der Waals surface area contributed by atoms with Gasteiger partial charge in [-0.05, 0) is 33.8 Å². The lowest BCUT2D eigenvalue weighted by Crippen LogP contribution is -2.41. The number of nitrogen functional groups attached to an aromatic ring is 1. The van der Waals surface area contributed by atoms with Gasteiger partial charge in [-0.25, -0.2) is 4.98 Å². The van der Waals surface area contributed by atoms with Gasteiger partial charge in [-0.2, -0.15) is 13.2 Å². The van der Waals surface area contributed by atoms with Gasteiger partial charge in [0.1, 0.15) is 5.69 Å². The number of pyridine rings is 1. The van der Waals surface area contributed by atoms with Crippen molar-refractivity contribution >= 4 is 18.3 Å². The van der Waals surface area contributed by atoms with Gasteiger partial charge in [0.25, 0.3) is 0 Å². The van der Waals surface area contributed by atoms with Crippen LogP contribution in [0.5, 0.6) is 0 Å². The number of rotatable bonds is 1. The summed E-state index contributed by atoms with van der Waals surface area (Å²) in [4.78, 5) is 3.38. The monoisotopic (exact) mass is 288 g/mol. The first kappa shape index (κ1) is 15.1. The fourth-order valence-corrected chi connectivity index (χ4v) is 1.89. The van der Waals surface area contributed by atoms with Crippen molar-refractivity contribution in [1.82, 2.24) is 4.98 Å². The van der Waals surface area contributed by atoms with E-state index in [1.54, 1.807) is 27.7 Å². The summed E-state index contributed by atoms with van der Waals surface area (Å²) in [7, 11) is -1.15. The van der Waals surface area contributed by atoms with Crippen molar-refractivity contribution in [3.63, 3.8) is 0 Å². The summed E-state index contributed by atoms with van der Waals surface area (Å²) in [5.41, 5.74) is 2.96. The van der Waals surface area contributed by atoms with E-state index in [1.807, 2.05) is 0 Å². The molecule has 0 spiro atoms. The molecular formula is C12H16BF3N2O2. The molecule has 0 radical (unpaired) electrons. The predicted molar refractivity (Wildman–Crippen MR) is 69.4 cm³/mol. The zero-order valence-electron chi connectivity index (χ0n) is 11.7. The number of aromatic nitrogens is 1. The molecule has 4 nitrogen and oxygen atoms in total. The van der Waals surface area contributed by atoms with Crippen LogP contribution < -0.4 is 11.2 Å². The van der Waals surface area contributed by atoms with E-state index in [9.17, 15) is 13.2 Å². The highest BCUT2D eigenvalue weighted by molar-refractivity contribution is 6.62. The van der Waals surface area contributed by atoms with Gasteiger partial charge >= 0.3 is 13.3 Å². The zero-order valence-corrected chi connectivity index (χ0v) is 11.7. The molecule has 0 bridgehead atoms. The number of hydrogen-bond acceptors (Lipinski definition) is 4. The maximum Gasteiger partial charge on any atom is 0.497 e. The van der Waals surface area contributed by atoms with Crippen molar-refractivity contribution in [2.45, 2.75) is 45.1 Å². The van der Waals surface area contributed by atoms with Crippen molar-refractivity contribution in [3.05, 3.63) is 18.0 Å². The normalized spacial score (nSPS) is 21.2. The molecule has 0 aromatic carbocycles. The minimum Gasteiger partial charge on any atom is -0.399 e. The van der Waals surface area contributed by atoms with E-state index in [-0.39, 0.29) is 11.2 Å². The Kier molecular flexibility index (Phi) is 3.30. The first-order valence-corrected chi connectivity index (χ1v) is 6.12. The average molecular weight is 288 g/mol. The highest BCUT2D eigenvalue weighted by atomic mass is 19.4. The molecule has 8 heteroatoms. The third-order valence-electron chi connectivity index (χ3n) is 3.71. The van der Waals surface area contributed by atoms with Crippen LogP contribution in [-0.2, 0) is 15.5 Å². The van der Waals surface area contributed by atoms with Crippen molar-refractivity contribution in [3.8, 4) is 0 Å². The summed E-state index contributed by atoms with van der Waals surface area (Å²) in [5.74, 6) is 0. The molecular weight excluding hydrogens is 272 g/mol. The lowest BCUT2D eigenvalue weighted by molar-refractivity contribution is -0.140. The molecule has 2 rings (SSSR count). The van der Waals surface area contributed by atoms with Gasteiger partial charge < -0.3 is 15.0 Å². The average Bonchev–Trinajstić information content (AvgIpc) is 2.46. The second kappa shape index (κ2) is 4.36. The third kappa shape index (κ3) is 2.49. The zero-order chi connectivity index (χ0) is 15.3. The van der Waals surface area contributed by atoms with Gasteiger partial charge in [0.15, 0.2) is 0 Å². The molecule has 0 aliphatic carbocycles. The number of nitrogens with zero attached hydrogens (tertiary/aromatic N) is 1. The van der Waals surface area contributed by atoms with E-state index in [1.165, 1.54) is 6.07 Å².